The fourth-order valence-electron chi connectivity index (χ4n) is 3.61. The zero-order valence-electron chi connectivity index (χ0n) is 16.9. The summed E-state index contributed by atoms with van der Waals surface area (Å²) in [6.45, 7) is 10.7. The summed E-state index contributed by atoms with van der Waals surface area (Å²) in [4.78, 5) is 14.6. The van der Waals surface area contributed by atoms with Gasteiger partial charge in [0.1, 0.15) is 12.4 Å². The second kappa shape index (κ2) is 10.2. The van der Waals surface area contributed by atoms with Crippen LogP contribution in [0.1, 0.15) is 26.1 Å². The number of hydrogen-bond acceptors (Lipinski definition) is 5. The quantitative estimate of drug-likeness (QED) is 0.458. The van der Waals surface area contributed by atoms with Crippen LogP contribution < -0.4 is 4.74 Å². The maximum atomic E-state index is 12.7. The highest BCUT2D eigenvalue weighted by atomic mass is 35.5. The molecule has 1 aromatic carbocycles. The third kappa shape index (κ3) is 6.00. The normalized spacial score (nSPS) is 19.2. The van der Waals surface area contributed by atoms with Crippen LogP contribution in [0.3, 0.4) is 0 Å². The second-order valence-corrected chi connectivity index (χ2v) is 8.95. The Morgan fingerprint density at radius 2 is 1.97 bits per heavy atom. The van der Waals surface area contributed by atoms with Crippen molar-refractivity contribution in [2.45, 2.75) is 38.6 Å². The SMILES string of the molecule is C=CCn1c(COc2ccc(Cl)cc2)nnc1SCC(=O)N1CC(C)CC(C)C1. The molecule has 2 aromatic rings. The number of thioether (sulfide) groups is 1. The molecule has 156 valence electrons. The standard InChI is InChI=1S/C21H27ClN4O2S/c1-4-9-26-19(13-28-18-7-5-17(22)6-8-18)23-24-21(26)29-14-20(27)25-11-15(2)10-16(3)12-25/h4-8,15-16H,1,9-14H2,2-3H3. The topological polar surface area (TPSA) is 60.2 Å². The zero-order chi connectivity index (χ0) is 20.8. The monoisotopic (exact) mass is 434 g/mol. The van der Waals surface area contributed by atoms with E-state index < -0.39 is 0 Å². The molecule has 2 heterocycles. The summed E-state index contributed by atoms with van der Waals surface area (Å²) < 4.78 is 7.72. The van der Waals surface area contributed by atoms with Gasteiger partial charge in [-0.3, -0.25) is 9.36 Å². The van der Waals surface area contributed by atoms with Gasteiger partial charge >= 0.3 is 0 Å². The number of benzene rings is 1. The Morgan fingerprint density at radius 1 is 1.28 bits per heavy atom. The summed E-state index contributed by atoms with van der Waals surface area (Å²) in [5, 5.41) is 9.88. The highest BCUT2D eigenvalue weighted by molar-refractivity contribution is 7.99. The van der Waals surface area contributed by atoms with Gasteiger partial charge in [-0.1, -0.05) is 43.3 Å². The van der Waals surface area contributed by atoms with Crippen LogP contribution in [0.2, 0.25) is 5.02 Å². The third-order valence-electron chi connectivity index (χ3n) is 4.83. The molecule has 0 bridgehead atoms. The number of ether oxygens (including phenoxy) is 1. The van der Waals surface area contributed by atoms with E-state index in [1.165, 1.54) is 18.2 Å². The minimum atomic E-state index is 0.153. The maximum Gasteiger partial charge on any atom is 0.233 e. The molecule has 1 amide bonds. The molecule has 3 rings (SSSR count). The van der Waals surface area contributed by atoms with E-state index in [0.29, 0.717) is 45.9 Å². The van der Waals surface area contributed by atoms with E-state index in [0.717, 1.165) is 13.1 Å². The van der Waals surface area contributed by atoms with Gasteiger partial charge < -0.3 is 9.64 Å². The number of piperidine rings is 1. The maximum absolute atomic E-state index is 12.7. The predicted octanol–water partition coefficient (Wildman–Crippen LogP) is 4.29. The van der Waals surface area contributed by atoms with Crippen LogP contribution in [0, 0.1) is 11.8 Å². The summed E-state index contributed by atoms with van der Waals surface area (Å²) >= 11 is 7.32. The highest BCUT2D eigenvalue weighted by Crippen LogP contribution is 2.24. The molecule has 1 aromatic heterocycles. The molecule has 0 N–H and O–H groups in total. The molecular formula is C21H27ClN4O2S. The number of carbonyl (C=O) groups is 1. The van der Waals surface area contributed by atoms with Gasteiger partial charge in [0.2, 0.25) is 5.91 Å². The lowest BCUT2D eigenvalue weighted by Gasteiger charge is -2.34. The Balaban J connectivity index is 1.61. The summed E-state index contributed by atoms with van der Waals surface area (Å²) in [6, 6.07) is 7.18. The number of amides is 1. The number of carbonyl (C=O) groups excluding carboxylic acids is 1. The Labute approximate surface area is 181 Å². The average molecular weight is 435 g/mol. The van der Waals surface area contributed by atoms with Crippen LogP contribution in [0.15, 0.2) is 42.1 Å². The van der Waals surface area contributed by atoms with E-state index in [2.05, 4.69) is 30.6 Å². The van der Waals surface area contributed by atoms with Crippen LogP contribution >= 0.6 is 23.4 Å². The zero-order valence-corrected chi connectivity index (χ0v) is 18.5. The molecule has 1 aliphatic heterocycles. The summed E-state index contributed by atoms with van der Waals surface area (Å²) in [7, 11) is 0. The van der Waals surface area contributed by atoms with Crippen molar-refractivity contribution in [3.63, 3.8) is 0 Å². The van der Waals surface area contributed by atoms with E-state index in [9.17, 15) is 4.79 Å². The lowest BCUT2D eigenvalue weighted by atomic mass is 9.92. The number of likely N-dealkylation sites (tertiary alicyclic amines) is 1. The molecular weight excluding hydrogens is 408 g/mol. The first kappa shape index (κ1) is 21.7. The molecule has 0 radical (unpaired) electrons. The van der Waals surface area contributed by atoms with Gasteiger partial charge in [-0.25, -0.2) is 0 Å². The molecule has 2 atom stereocenters. The van der Waals surface area contributed by atoms with Crippen molar-refractivity contribution in [2.24, 2.45) is 11.8 Å². The van der Waals surface area contributed by atoms with Crippen molar-refractivity contribution in [3.05, 3.63) is 47.8 Å². The molecule has 0 spiro atoms. The molecule has 1 fully saturated rings. The van der Waals surface area contributed by atoms with Crippen LogP contribution in [0.4, 0.5) is 0 Å². The summed E-state index contributed by atoms with van der Waals surface area (Å²) in [6.07, 6.45) is 2.97. The fraction of sp³-hybridized carbons (Fsp3) is 0.476. The largest absolute Gasteiger partial charge is 0.486 e. The van der Waals surface area contributed by atoms with Crippen molar-refractivity contribution in [3.8, 4) is 5.75 Å². The van der Waals surface area contributed by atoms with Gasteiger partial charge in [-0.15, -0.1) is 16.8 Å². The van der Waals surface area contributed by atoms with Gasteiger partial charge in [0.15, 0.2) is 11.0 Å². The molecule has 6 nitrogen and oxygen atoms in total. The van der Waals surface area contributed by atoms with Crippen molar-refractivity contribution in [2.75, 3.05) is 18.8 Å². The van der Waals surface area contributed by atoms with Crippen LogP contribution in [-0.4, -0.2) is 44.4 Å². The number of halogens is 1. The average Bonchev–Trinajstić information content (AvgIpc) is 3.07. The Bertz CT molecular complexity index is 830. The fourth-order valence-corrected chi connectivity index (χ4v) is 4.60. The first-order chi connectivity index (χ1) is 14.0. The van der Waals surface area contributed by atoms with Crippen molar-refractivity contribution < 1.29 is 9.53 Å². The number of hydrogen-bond donors (Lipinski definition) is 0. The first-order valence-corrected chi connectivity index (χ1v) is 11.1. The Kier molecular flexibility index (Phi) is 7.61. The summed E-state index contributed by atoms with van der Waals surface area (Å²) in [5.74, 6) is 3.01. The Morgan fingerprint density at radius 3 is 2.62 bits per heavy atom. The van der Waals surface area contributed by atoms with E-state index >= 15 is 0 Å². The summed E-state index contributed by atoms with van der Waals surface area (Å²) in [5.41, 5.74) is 0. The predicted molar refractivity (Wildman–Crippen MR) is 116 cm³/mol. The number of allylic oxidation sites excluding steroid dienone is 1. The minimum Gasteiger partial charge on any atom is -0.486 e. The lowest BCUT2D eigenvalue weighted by molar-refractivity contribution is -0.130. The molecule has 1 saturated heterocycles. The molecule has 2 unspecified atom stereocenters. The van der Waals surface area contributed by atoms with Crippen molar-refractivity contribution in [1.29, 1.82) is 0 Å². The van der Waals surface area contributed by atoms with E-state index in [-0.39, 0.29) is 12.5 Å². The molecule has 0 saturated carbocycles. The van der Waals surface area contributed by atoms with E-state index in [1.54, 1.807) is 18.2 Å². The van der Waals surface area contributed by atoms with Gasteiger partial charge in [-0.05, 0) is 42.5 Å². The molecule has 1 aliphatic rings. The van der Waals surface area contributed by atoms with Crippen LogP contribution in [0.5, 0.6) is 5.75 Å². The van der Waals surface area contributed by atoms with Crippen molar-refractivity contribution >= 4 is 29.3 Å². The van der Waals surface area contributed by atoms with Crippen LogP contribution in [-0.2, 0) is 17.9 Å². The molecule has 29 heavy (non-hydrogen) atoms. The first-order valence-electron chi connectivity index (χ1n) is 9.78. The van der Waals surface area contributed by atoms with Gasteiger partial charge in [0, 0.05) is 24.7 Å². The third-order valence-corrected chi connectivity index (χ3v) is 6.04. The number of nitrogens with zero attached hydrogens (tertiary/aromatic N) is 4. The number of aromatic nitrogens is 3. The van der Waals surface area contributed by atoms with Crippen molar-refractivity contribution in [1.82, 2.24) is 19.7 Å². The lowest BCUT2D eigenvalue weighted by Crippen LogP contribution is -2.43. The van der Waals surface area contributed by atoms with Gasteiger partial charge in [0.05, 0.1) is 5.75 Å². The van der Waals surface area contributed by atoms with E-state index in [4.69, 9.17) is 16.3 Å². The van der Waals surface area contributed by atoms with E-state index in [1.807, 2.05) is 21.6 Å². The highest BCUT2D eigenvalue weighted by Gasteiger charge is 2.25. The second-order valence-electron chi connectivity index (χ2n) is 7.57. The van der Waals surface area contributed by atoms with Crippen LogP contribution in [0.25, 0.3) is 0 Å². The van der Waals surface area contributed by atoms with Gasteiger partial charge in [-0.2, -0.15) is 0 Å². The smallest absolute Gasteiger partial charge is 0.233 e. The minimum absolute atomic E-state index is 0.153. The molecule has 8 heteroatoms. The Hall–Kier alpha value is -1.99. The number of rotatable bonds is 8. The molecule has 0 aliphatic carbocycles. The van der Waals surface area contributed by atoms with Gasteiger partial charge in [0.25, 0.3) is 0 Å².